The quantitative estimate of drug-likeness (QED) is 0.739. The number of hydrogen-bond acceptors (Lipinski definition) is 2. The van der Waals surface area contributed by atoms with Crippen LogP contribution in [0.4, 0.5) is 0 Å². The third kappa shape index (κ3) is 2.14. The molecule has 2 rings (SSSR count). The van der Waals surface area contributed by atoms with E-state index in [1.807, 2.05) is 6.07 Å². The first-order valence-corrected chi connectivity index (χ1v) is 8.60. The second kappa shape index (κ2) is 4.57. The van der Waals surface area contributed by atoms with Crippen LogP contribution in [-0.2, 0) is 9.31 Å². The molecule has 0 spiro atoms. The third-order valence-corrected chi connectivity index (χ3v) is 6.82. The van der Waals surface area contributed by atoms with Crippen LogP contribution in [0.3, 0.4) is 0 Å². The Kier molecular flexibility index (Phi) is 3.33. The highest BCUT2D eigenvalue weighted by molar-refractivity contribution is 7.04. The Labute approximate surface area is 98.4 Å². The van der Waals surface area contributed by atoms with Gasteiger partial charge in [-0.3, -0.25) is 0 Å². The highest BCUT2D eigenvalue weighted by Crippen LogP contribution is 2.19. The van der Waals surface area contributed by atoms with Crippen molar-refractivity contribution in [1.29, 1.82) is 0 Å². The molecule has 2 nitrogen and oxygen atoms in total. The summed E-state index contributed by atoms with van der Waals surface area (Å²) in [6, 6.07) is 10.5. The summed E-state index contributed by atoms with van der Waals surface area (Å²) in [5.41, 5.74) is 0. The molecule has 0 amide bonds. The Bertz CT molecular complexity index is 372. The Morgan fingerprint density at radius 1 is 1.19 bits per heavy atom. The monoisotopic (exact) mass is 232 g/mol. The van der Waals surface area contributed by atoms with Gasteiger partial charge < -0.3 is 9.31 Å². The highest BCUT2D eigenvalue weighted by atomic mass is 28.3. The smallest absolute Gasteiger partial charge is 0.405 e. The van der Waals surface area contributed by atoms with Crippen LogP contribution in [0.25, 0.3) is 0 Å². The average molecular weight is 232 g/mol. The molecule has 0 bridgehead atoms. The van der Waals surface area contributed by atoms with E-state index in [1.54, 1.807) is 0 Å². The van der Waals surface area contributed by atoms with Gasteiger partial charge in [-0.15, -0.1) is 6.58 Å². The summed E-state index contributed by atoms with van der Waals surface area (Å²) in [6.07, 6.45) is 0. The molecule has 0 saturated carbocycles. The van der Waals surface area contributed by atoms with Gasteiger partial charge in [0.25, 0.3) is 0 Å². The van der Waals surface area contributed by atoms with E-state index in [2.05, 4.69) is 43.9 Å². The maximum absolute atomic E-state index is 5.54. The van der Waals surface area contributed by atoms with Crippen molar-refractivity contribution in [2.45, 2.75) is 13.1 Å². The van der Waals surface area contributed by atoms with Gasteiger partial charge in [0, 0.05) is 0 Å². The summed E-state index contributed by atoms with van der Waals surface area (Å²) in [7, 11) is -1.88. The highest BCUT2D eigenvalue weighted by Gasteiger charge is 2.38. The van der Waals surface area contributed by atoms with Crippen molar-refractivity contribution < 1.29 is 9.31 Å². The molecule has 1 saturated heterocycles. The zero-order valence-electron chi connectivity index (χ0n) is 9.90. The van der Waals surface area contributed by atoms with Crippen molar-refractivity contribution in [2.24, 2.45) is 0 Å². The summed E-state index contributed by atoms with van der Waals surface area (Å²) in [5.74, 6) is 0. The molecule has 0 atom stereocenters. The fourth-order valence-corrected chi connectivity index (χ4v) is 4.05. The number of benzene rings is 1. The van der Waals surface area contributed by atoms with Gasteiger partial charge in [0.15, 0.2) is 0 Å². The first kappa shape index (κ1) is 11.6. The average Bonchev–Trinajstić information content (AvgIpc) is 2.82. The summed E-state index contributed by atoms with van der Waals surface area (Å²) in [6.45, 7) is 10.1. The summed E-state index contributed by atoms with van der Waals surface area (Å²) in [4.78, 5) is 0. The fourth-order valence-electron chi connectivity index (χ4n) is 1.89. The topological polar surface area (TPSA) is 18.5 Å². The summed E-state index contributed by atoms with van der Waals surface area (Å²) in [5, 5.41) is 2.50. The lowest BCUT2D eigenvalue weighted by Crippen LogP contribution is -2.48. The van der Waals surface area contributed by atoms with Crippen LogP contribution in [0.1, 0.15) is 0 Å². The van der Waals surface area contributed by atoms with Crippen LogP contribution >= 0.6 is 0 Å². The number of rotatable bonds is 3. The van der Waals surface area contributed by atoms with Gasteiger partial charge in [0.05, 0.1) is 13.2 Å². The Morgan fingerprint density at radius 2 is 1.75 bits per heavy atom. The summed E-state index contributed by atoms with van der Waals surface area (Å²) < 4.78 is 11.1. The van der Waals surface area contributed by atoms with E-state index < -0.39 is 8.07 Å². The van der Waals surface area contributed by atoms with E-state index in [1.165, 1.54) is 5.19 Å². The van der Waals surface area contributed by atoms with Crippen molar-refractivity contribution >= 4 is 20.4 Å². The van der Waals surface area contributed by atoms with Crippen LogP contribution in [0.15, 0.2) is 42.0 Å². The van der Waals surface area contributed by atoms with Gasteiger partial charge in [-0.05, 0) is 0 Å². The van der Waals surface area contributed by atoms with Gasteiger partial charge in [-0.1, -0.05) is 53.7 Å². The molecule has 4 heteroatoms. The lowest BCUT2D eigenvalue weighted by atomic mass is 9.91. The molecule has 1 fully saturated rings. The van der Waals surface area contributed by atoms with Gasteiger partial charge in [0.2, 0.25) is 0 Å². The van der Waals surface area contributed by atoms with E-state index in [0.29, 0.717) is 13.2 Å². The van der Waals surface area contributed by atoms with Crippen molar-refractivity contribution in [2.75, 3.05) is 13.2 Å². The van der Waals surface area contributed by atoms with Crippen molar-refractivity contribution in [3.8, 4) is 0 Å². The van der Waals surface area contributed by atoms with E-state index in [0.717, 1.165) is 5.10 Å². The van der Waals surface area contributed by atoms with Gasteiger partial charge in [-0.2, -0.15) is 0 Å². The van der Waals surface area contributed by atoms with Crippen molar-refractivity contribution in [3.05, 3.63) is 42.0 Å². The Hall–Kier alpha value is -0.838. The number of hydrogen-bond donors (Lipinski definition) is 0. The molecular formula is C12H17BO2Si. The zero-order valence-corrected chi connectivity index (χ0v) is 10.9. The second-order valence-corrected chi connectivity index (χ2v) is 9.06. The lowest BCUT2D eigenvalue weighted by molar-refractivity contribution is 0.365. The molecule has 1 aliphatic rings. The second-order valence-electron chi connectivity index (χ2n) is 4.59. The molecule has 0 radical (unpaired) electrons. The first-order chi connectivity index (χ1) is 7.62. The van der Waals surface area contributed by atoms with Crippen LogP contribution in [-0.4, -0.2) is 28.4 Å². The van der Waals surface area contributed by atoms with Crippen LogP contribution in [0, 0.1) is 0 Å². The molecule has 1 aromatic rings. The maximum Gasteiger partial charge on any atom is 0.485 e. The fraction of sp³-hybridized carbons (Fsp3) is 0.333. The SMILES string of the molecule is C=C(B1OCCO1)[Si](C)(C)c1ccccc1. The van der Waals surface area contributed by atoms with Crippen LogP contribution in [0.5, 0.6) is 0 Å². The Morgan fingerprint density at radius 3 is 2.31 bits per heavy atom. The van der Waals surface area contributed by atoms with E-state index in [9.17, 15) is 0 Å². The molecule has 0 aliphatic carbocycles. The van der Waals surface area contributed by atoms with E-state index in [4.69, 9.17) is 9.31 Å². The van der Waals surface area contributed by atoms with Crippen LogP contribution < -0.4 is 5.19 Å². The minimum absolute atomic E-state index is 0.193. The molecule has 1 aliphatic heterocycles. The minimum atomic E-state index is -1.69. The predicted molar refractivity (Wildman–Crippen MR) is 70.4 cm³/mol. The van der Waals surface area contributed by atoms with E-state index >= 15 is 0 Å². The van der Waals surface area contributed by atoms with Crippen molar-refractivity contribution in [1.82, 2.24) is 0 Å². The molecule has 0 N–H and O–H groups in total. The van der Waals surface area contributed by atoms with Gasteiger partial charge in [0.1, 0.15) is 8.07 Å². The van der Waals surface area contributed by atoms with Crippen molar-refractivity contribution in [3.63, 3.8) is 0 Å². The normalized spacial score (nSPS) is 16.5. The molecule has 1 aromatic carbocycles. The molecular weight excluding hydrogens is 215 g/mol. The largest absolute Gasteiger partial charge is 0.485 e. The van der Waals surface area contributed by atoms with Gasteiger partial charge >= 0.3 is 7.12 Å². The first-order valence-electron chi connectivity index (χ1n) is 5.60. The minimum Gasteiger partial charge on any atom is -0.405 e. The zero-order chi connectivity index (χ0) is 11.6. The molecule has 0 unspecified atom stereocenters. The van der Waals surface area contributed by atoms with Crippen LogP contribution in [0.2, 0.25) is 13.1 Å². The third-order valence-electron chi connectivity index (χ3n) is 3.20. The van der Waals surface area contributed by atoms with Gasteiger partial charge in [-0.25, -0.2) is 0 Å². The standard InChI is InChI=1S/C12H17BO2Si/c1-11(13-14-9-10-15-13)16(2,3)12-7-5-4-6-8-12/h4-8H,1,9-10H2,2-3H3. The Balaban J connectivity index is 2.21. The lowest BCUT2D eigenvalue weighted by Gasteiger charge is -2.26. The molecule has 0 aromatic heterocycles. The molecule has 1 heterocycles. The molecule has 84 valence electrons. The molecule has 16 heavy (non-hydrogen) atoms. The van der Waals surface area contributed by atoms with E-state index in [-0.39, 0.29) is 7.12 Å². The predicted octanol–water partition coefficient (Wildman–Crippen LogP) is 1.77. The summed E-state index contributed by atoms with van der Waals surface area (Å²) >= 11 is 0. The maximum atomic E-state index is 5.54.